The van der Waals surface area contributed by atoms with Gasteiger partial charge in [-0.1, -0.05) is 18.2 Å². The van der Waals surface area contributed by atoms with Crippen LogP contribution in [0.1, 0.15) is 16.1 Å². The highest BCUT2D eigenvalue weighted by atomic mass is 32.1. The number of para-hydroxylation sites is 1. The molecule has 4 rings (SSSR count). The van der Waals surface area contributed by atoms with Gasteiger partial charge in [0.25, 0.3) is 11.5 Å². The van der Waals surface area contributed by atoms with E-state index in [0.29, 0.717) is 16.4 Å². The summed E-state index contributed by atoms with van der Waals surface area (Å²) in [6, 6.07) is 16.4. The lowest BCUT2D eigenvalue weighted by atomic mass is 10.2. The van der Waals surface area contributed by atoms with E-state index in [-0.39, 0.29) is 11.1 Å². The van der Waals surface area contributed by atoms with Gasteiger partial charge in [-0.15, -0.1) is 11.3 Å². The first kappa shape index (κ1) is 17.0. The fraction of sp³-hybridized carbons (Fsp3) is 0.0500. The maximum Gasteiger partial charge on any atom is 0.271 e. The van der Waals surface area contributed by atoms with E-state index in [1.54, 1.807) is 31.2 Å². The molecule has 0 saturated heterocycles. The number of ether oxygens (including phenoxy) is 1. The molecule has 0 saturated carbocycles. The highest BCUT2D eigenvalue weighted by Crippen LogP contribution is 2.22. The molecule has 1 amide bonds. The van der Waals surface area contributed by atoms with Gasteiger partial charge in [-0.25, -0.2) is 4.98 Å². The number of thiazole rings is 1. The van der Waals surface area contributed by atoms with Crippen LogP contribution in [-0.4, -0.2) is 15.3 Å². The van der Waals surface area contributed by atoms with Gasteiger partial charge in [-0.3, -0.25) is 14.0 Å². The lowest BCUT2D eigenvalue weighted by molar-refractivity contribution is 0.102. The Balaban J connectivity index is 1.52. The second-order valence-electron chi connectivity index (χ2n) is 5.87. The molecule has 0 aliphatic heterocycles. The Morgan fingerprint density at radius 1 is 1.07 bits per heavy atom. The zero-order chi connectivity index (χ0) is 18.8. The zero-order valence-corrected chi connectivity index (χ0v) is 15.2. The van der Waals surface area contributed by atoms with Crippen LogP contribution in [0.3, 0.4) is 0 Å². The van der Waals surface area contributed by atoms with E-state index in [4.69, 9.17) is 4.74 Å². The summed E-state index contributed by atoms with van der Waals surface area (Å²) in [6.45, 7) is 1.81. The summed E-state index contributed by atoms with van der Waals surface area (Å²) in [5, 5.41) is 4.55. The van der Waals surface area contributed by atoms with Crippen LogP contribution < -0.4 is 15.6 Å². The molecule has 2 aromatic heterocycles. The molecule has 4 aromatic rings. The van der Waals surface area contributed by atoms with Gasteiger partial charge in [-0.05, 0) is 43.3 Å². The fourth-order valence-corrected chi connectivity index (χ4v) is 3.44. The number of nitrogens with one attached hydrogen (secondary N) is 1. The highest BCUT2D eigenvalue weighted by molar-refractivity contribution is 7.15. The summed E-state index contributed by atoms with van der Waals surface area (Å²) in [5.41, 5.74) is 0.940. The van der Waals surface area contributed by atoms with Crippen molar-refractivity contribution in [3.8, 4) is 11.5 Å². The van der Waals surface area contributed by atoms with Crippen LogP contribution in [-0.2, 0) is 0 Å². The number of anilines is 1. The summed E-state index contributed by atoms with van der Waals surface area (Å²) in [6.07, 6.45) is 1.32. The maximum absolute atomic E-state index is 12.5. The number of amides is 1. The van der Waals surface area contributed by atoms with E-state index in [0.717, 1.165) is 11.4 Å². The van der Waals surface area contributed by atoms with Gasteiger partial charge >= 0.3 is 0 Å². The standard InChI is InChI=1S/C20H15N3O3S/c1-13-12-27-20-21-11-17(19(25)23(13)20)18(24)22-14-7-9-16(10-8-14)26-15-5-3-2-4-6-15/h2-12H,1H3,(H,22,24). The van der Waals surface area contributed by atoms with Crippen molar-refractivity contribution in [2.45, 2.75) is 6.92 Å². The maximum atomic E-state index is 12.5. The van der Waals surface area contributed by atoms with Gasteiger partial charge in [-0.2, -0.15) is 0 Å². The third-order valence-electron chi connectivity index (χ3n) is 3.95. The van der Waals surface area contributed by atoms with Gasteiger partial charge in [0.1, 0.15) is 17.1 Å². The van der Waals surface area contributed by atoms with Crippen LogP contribution in [0, 0.1) is 6.92 Å². The van der Waals surface area contributed by atoms with Gasteiger partial charge in [0.2, 0.25) is 0 Å². The van der Waals surface area contributed by atoms with Crippen LogP contribution in [0.5, 0.6) is 11.5 Å². The van der Waals surface area contributed by atoms with Crippen LogP contribution in [0.2, 0.25) is 0 Å². The molecule has 0 radical (unpaired) electrons. The second kappa shape index (κ2) is 7.05. The number of benzene rings is 2. The Morgan fingerprint density at radius 2 is 1.78 bits per heavy atom. The third-order valence-corrected chi connectivity index (χ3v) is 4.91. The first-order chi connectivity index (χ1) is 13.1. The molecule has 0 aliphatic carbocycles. The highest BCUT2D eigenvalue weighted by Gasteiger charge is 2.15. The number of carbonyl (C=O) groups excluding carboxylic acids is 1. The van der Waals surface area contributed by atoms with E-state index in [2.05, 4.69) is 10.3 Å². The average Bonchev–Trinajstić information content (AvgIpc) is 3.06. The topological polar surface area (TPSA) is 72.7 Å². The number of hydrogen-bond acceptors (Lipinski definition) is 5. The van der Waals surface area contributed by atoms with Crippen molar-refractivity contribution in [3.05, 3.63) is 87.8 Å². The number of nitrogens with zero attached hydrogens (tertiary/aromatic N) is 2. The van der Waals surface area contributed by atoms with Crippen molar-refractivity contribution in [1.82, 2.24) is 9.38 Å². The van der Waals surface area contributed by atoms with Crippen LogP contribution >= 0.6 is 11.3 Å². The lowest BCUT2D eigenvalue weighted by Crippen LogP contribution is -2.26. The van der Waals surface area contributed by atoms with Crippen molar-refractivity contribution < 1.29 is 9.53 Å². The van der Waals surface area contributed by atoms with Crippen LogP contribution in [0.15, 0.2) is 71.0 Å². The van der Waals surface area contributed by atoms with Gasteiger partial charge in [0.05, 0.1) is 0 Å². The van der Waals surface area contributed by atoms with Gasteiger partial charge in [0, 0.05) is 23.0 Å². The van der Waals surface area contributed by atoms with Crippen molar-refractivity contribution in [2.24, 2.45) is 0 Å². The number of rotatable bonds is 4. The Morgan fingerprint density at radius 3 is 2.52 bits per heavy atom. The molecule has 0 fully saturated rings. The first-order valence-corrected chi connectivity index (χ1v) is 9.10. The predicted octanol–water partition coefficient (Wildman–Crippen LogP) is 4.11. The molecule has 0 spiro atoms. The smallest absolute Gasteiger partial charge is 0.271 e. The van der Waals surface area contributed by atoms with Crippen LogP contribution in [0.25, 0.3) is 4.96 Å². The number of hydrogen-bond donors (Lipinski definition) is 1. The van der Waals surface area contributed by atoms with Crippen molar-refractivity contribution in [2.75, 3.05) is 5.32 Å². The minimum absolute atomic E-state index is 0.00129. The molecular weight excluding hydrogens is 362 g/mol. The van der Waals surface area contributed by atoms with Crippen molar-refractivity contribution in [3.63, 3.8) is 0 Å². The fourth-order valence-electron chi connectivity index (χ4n) is 2.61. The van der Waals surface area contributed by atoms with Crippen LogP contribution in [0.4, 0.5) is 5.69 Å². The monoisotopic (exact) mass is 377 g/mol. The molecule has 7 heteroatoms. The summed E-state index contributed by atoms with van der Waals surface area (Å²) < 4.78 is 7.16. The number of aryl methyl sites for hydroxylation is 1. The molecule has 1 N–H and O–H groups in total. The predicted molar refractivity (Wildman–Crippen MR) is 105 cm³/mol. The van der Waals surface area contributed by atoms with Gasteiger partial charge < -0.3 is 10.1 Å². The molecular formula is C20H15N3O3S. The molecule has 0 unspecified atom stereocenters. The molecule has 2 aromatic carbocycles. The normalized spacial score (nSPS) is 10.7. The largest absolute Gasteiger partial charge is 0.457 e. The quantitative estimate of drug-likeness (QED) is 0.581. The first-order valence-electron chi connectivity index (χ1n) is 8.22. The lowest BCUT2D eigenvalue weighted by Gasteiger charge is -2.08. The van der Waals surface area contributed by atoms with Crippen molar-refractivity contribution >= 4 is 27.9 Å². The summed E-state index contributed by atoms with van der Waals surface area (Å²) in [7, 11) is 0. The zero-order valence-electron chi connectivity index (χ0n) is 14.4. The number of fused-ring (bicyclic) bond motifs is 1. The molecule has 0 aliphatic rings. The third kappa shape index (κ3) is 3.45. The van der Waals surface area contributed by atoms with E-state index in [9.17, 15) is 9.59 Å². The Kier molecular flexibility index (Phi) is 4.43. The van der Waals surface area contributed by atoms with E-state index in [1.165, 1.54) is 21.9 Å². The average molecular weight is 377 g/mol. The molecule has 134 valence electrons. The molecule has 27 heavy (non-hydrogen) atoms. The summed E-state index contributed by atoms with van der Waals surface area (Å²) in [5.74, 6) is 0.883. The van der Waals surface area contributed by atoms with E-state index in [1.807, 2.05) is 35.7 Å². The minimum atomic E-state index is -0.496. The number of carbonyl (C=O) groups is 1. The minimum Gasteiger partial charge on any atom is -0.457 e. The molecule has 6 nitrogen and oxygen atoms in total. The van der Waals surface area contributed by atoms with E-state index < -0.39 is 5.91 Å². The van der Waals surface area contributed by atoms with E-state index >= 15 is 0 Å². The summed E-state index contributed by atoms with van der Waals surface area (Å²) >= 11 is 1.36. The Labute approximate surface area is 158 Å². The SMILES string of the molecule is Cc1csc2ncc(C(=O)Nc3ccc(Oc4ccccc4)cc3)c(=O)n12. The molecule has 2 heterocycles. The molecule has 0 bridgehead atoms. The molecule has 0 atom stereocenters. The number of aromatic nitrogens is 2. The second-order valence-corrected chi connectivity index (χ2v) is 6.70. The van der Waals surface area contributed by atoms with Gasteiger partial charge in [0.15, 0.2) is 4.96 Å². The Hall–Kier alpha value is -3.45. The summed E-state index contributed by atoms with van der Waals surface area (Å²) in [4.78, 5) is 29.8. The Bertz CT molecular complexity index is 1160. The van der Waals surface area contributed by atoms with Crippen molar-refractivity contribution in [1.29, 1.82) is 0 Å².